The van der Waals surface area contributed by atoms with E-state index in [0.717, 1.165) is 31.5 Å². The number of nitriles is 1. The van der Waals surface area contributed by atoms with Crippen LogP contribution in [0.25, 0.3) is 0 Å². The Balaban J connectivity index is 1.68. The Morgan fingerprint density at radius 1 is 1.24 bits per heavy atom. The van der Waals surface area contributed by atoms with E-state index in [1.54, 1.807) is 0 Å². The molecular formula is C17H32N4. The second-order valence-corrected chi connectivity index (χ2v) is 7.07. The van der Waals surface area contributed by atoms with Crippen molar-refractivity contribution in [2.75, 3.05) is 33.2 Å². The highest BCUT2D eigenvalue weighted by atomic mass is 15.3. The second-order valence-electron chi connectivity index (χ2n) is 7.07. The lowest BCUT2D eigenvalue weighted by Crippen LogP contribution is -2.41. The molecule has 0 aromatic heterocycles. The van der Waals surface area contributed by atoms with E-state index in [9.17, 15) is 5.26 Å². The highest BCUT2D eigenvalue weighted by Gasteiger charge is 2.34. The Hall–Kier alpha value is -0.630. The quantitative estimate of drug-likeness (QED) is 0.731. The number of likely N-dealkylation sites (tertiary alicyclic amines) is 1. The minimum absolute atomic E-state index is 0.340. The molecule has 0 aromatic rings. The first-order valence-electron chi connectivity index (χ1n) is 8.68. The van der Waals surface area contributed by atoms with E-state index in [-0.39, 0.29) is 5.54 Å². The summed E-state index contributed by atoms with van der Waals surface area (Å²) in [6, 6.07) is 4.03. The van der Waals surface area contributed by atoms with Gasteiger partial charge in [0.05, 0.1) is 6.07 Å². The first-order valence-corrected chi connectivity index (χ1v) is 8.68. The van der Waals surface area contributed by atoms with E-state index < -0.39 is 0 Å². The van der Waals surface area contributed by atoms with Crippen LogP contribution in [0.2, 0.25) is 0 Å². The van der Waals surface area contributed by atoms with E-state index in [1.165, 1.54) is 45.3 Å². The number of likely N-dealkylation sites (N-methyl/N-ethyl adjacent to an activating group) is 1. The summed E-state index contributed by atoms with van der Waals surface area (Å²) < 4.78 is 0. The van der Waals surface area contributed by atoms with Crippen molar-refractivity contribution in [1.82, 2.24) is 15.1 Å². The predicted octanol–water partition coefficient (Wildman–Crippen LogP) is 2.22. The summed E-state index contributed by atoms with van der Waals surface area (Å²) in [6.45, 7) is 8.66. The fourth-order valence-electron chi connectivity index (χ4n) is 3.97. The van der Waals surface area contributed by atoms with Crippen molar-refractivity contribution >= 4 is 0 Å². The van der Waals surface area contributed by atoms with Crippen LogP contribution >= 0.6 is 0 Å². The zero-order valence-electron chi connectivity index (χ0n) is 14.1. The van der Waals surface area contributed by atoms with Gasteiger partial charge in [0.1, 0.15) is 5.54 Å². The van der Waals surface area contributed by atoms with Gasteiger partial charge in [-0.3, -0.25) is 10.2 Å². The van der Waals surface area contributed by atoms with Gasteiger partial charge in [0, 0.05) is 18.6 Å². The topological polar surface area (TPSA) is 42.3 Å². The zero-order valence-corrected chi connectivity index (χ0v) is 14.1. The molecule has 0 amide bonds. The average molecular weight is 292 g/mol. The number of unbranched alkanes of at least 4 members (excludes halogenated alkanes) is 1. The molecule has 2 rings (SSSR count). The average Bonchev–Trinajstić information content (AvgIpc) is 2.71. The van der Waals surface area contributed by atoms with Crippen LogP contribution in [0.1, 0.15) is 52.4 Å². The molecule has 21 heavy (non-hydrogen) atoms. The van der Waals surface area contributed by atoms with Crippen LogP contribution in [0.5, 0.6) is 0 Å². The maximum absolute atomic E-state index is 9.27. The maximum atomic E-state index is 9.27. The van der Waals surface area contributed by atoms with Crippen LogP contribution < -0.4 is 5.32 Å². The van der Waals surface area contributed by atoms with Crippen molar-refractivity contribution in [1.29, 1.82) is 5.26 Å². The molecule has 2 aliphatic heterocycles. The van der Waals surface area contributed by atoms with Gasteiger partial charge in [0.25, 0.3) is 0 Å². The number of hydrogen-bond acceptors (Lipinski definition) is 4. The predicted molar refractivity (Wildman–Crippen MR) is 87.2 cm³/mol. The molecule has 0 radical (unpaired) electrons. The molecule has 0 saturated carbocycles. The van der Waals surface area contributed by atoms with Gasteiger partial charge in [-0.2, -0.15) is 5.26 Å². The van der Waals surface area contributed by atoms with Crippen LogP contribution in [-0.4, -0.2) is 60.6 Å². The van der Waals surface area contributed by atoms with Gasteiger partial charge in [-0.25, -0.2) is 0 Å². The Bertz CT molecular complexity index is 364. The molecule has 3 atom stereocenters. The fourth-order valence-corrected chi connectivity index (χ4v) is 3.97. The van der Waals surface area contributed by atoms with Crippen molar-refractivity contribution < 1.29 is 0 Å². The molecular weight excluding hydrogens is 260 g/mol. The summed E-state index contributed by atoms with van der Waals surface area (Å²) in [6.07, 6.45) is 7.42. The van der Waals surface area contributed by atoms with Gasteiger partial charge in [0.15, 0.2) is 0 Å². The summed E-state index contributed by atoms with van der Waals surface area (Å²) in [5.41, 5.74) is -0.340. The molecule has 2 bridgehead atoms. The SMILES string of the molecule is CCNC(C)(C#N)CCCCN1CCC2CCC(C1)N2C. The summed E-state index contributed by atoms with van der Waals surface area (Å²) in [5, 5.41) is 12.6. The standard InChI is InChI=1S/C17H32N4/c1-4-19-17(2,14-18)10-5-6-11-21-12-9-15-7-8-16(13-21)20(15)3/h15-16,19H,4-13H2,1-3H3. The normalized spacial score (nSPS) is 29.8. The highest BCUT2D eigenvalue weighted by Crippen LogP contribution is 2.28. The van der Waals surface area contributed by atoms with Gasteiger partial charge in [-0.1, -0.05) is 6.92 Å². The summed E-state index contributed by atoms with van der Waals surface area (Å²) in [7, 11) is 2.31. The van der Waals surface area contributed by atoms with E-state index in [4.69, 9.17) is 0 Å². The first-order chi connectivity index (χ1) is 10.1. The smallest absolute Gasteiger partial charge is 0.103 e. The number of fused-ring (bicyclic) bond motifs is 2. The lowest BCUT2D eigenvalue weighted by Gasteiger charge is -2.26. The monoisotopic (exact) mass is 292 g/mol. The minimum Gasteiger partial charge on any atom is -0.302 e. The molecule has 4 nitrogen and oxygen atoms in total. The molecule has 3 unspecified atom stereocenters. The largest absolute Gasteiger partial charge is 0.302 e. The number of nitrogens with zero attached hydrogens (tertiary/aromatic N) is 3. The summed E-state index contributed by atoms with van der Waals surface area (Å²) in [5.74, 6) is 0. The molecule has 0 aromatic carbocycles. The van der Waals surface area contributed by atoms with Crippen molar-refractivity contribution in [3.05, 3.63) is 0 Å². The summed E-state index contributed by atoms with van der Waals surface area (Å²) in [4.78, 5) is 5.26. The molecule has 1 N–H and O–H groups in total. The van der Waals surface area contributed by atoms with E-state index in [0.29, 0.717) is 0 Å². The molecule has 2 fully saturated rings. The van der Waals surface area contributed by atoms with E-state index >= 15 is 0 Å². The van der Waals surface area contributed by atoms with Gasteiger partial charge in [-0.05, 0) is 72.1 Å². The van der Waals surface area contributed by atoms with Crippen molar-refractivity contribution in [3.8, 4) is 6.07 Å². The Morgan fingerprint density at radius 2 is 2.00 bits per heavy atom. The van der Waals surface area contributed by atoms with Crippen LogP contribution in [0, 0.1) is 11.3 Å². The fraction of sp³-hybridized carbons (Fsp3) is 0.941. The van der Waals surface area contributed by atoms with Gasteiger partial charge < -0.3 is 4.90 Å². The van der Waals surface area contributed by atoms with Gasteiger partial charge >= 0.3 is 0 Å². The lowest BCUT2D eigenvalue weighted by molar-refractivity contribution is 0.215. The highest BCUT2D eigenvalue weighted by molar-refractivity contribution is 5.03. The Labute approximate surface area is 130 Å². The lowest BCUT2D eigenvalue weighted by atomic mass is 9.96. The molecule has 0 spiro atoms. The third kappa shape index (κ3) is 4.42. The Kier molecular flexibility index (Phi) is 6.04. The van der Waals surface area contributed by atoms with E-state index in [2.05, 4.69) is 35.2 Å². The summed E-state index contributed by atoms with van der Waals surface area (Å²) >= 11 is 0. The van der Waals surface area contributed by atoms with Crippen LogP contribution in [0.4, 0.5) is 0 Å². The molecule has 2 aliphatic rings. The number of nitrogens with one attached hydrogen (secondary N) is 1. The number of rotatable bonds is 7. The first kappa shape index (κ1) is 16.7. The van der Waals surface area contributed by atoms with Crippen LogP contribution in [0.3, 0.4) is 0 Å². The van der Waals surface area contributed by atoms with Gasteiger partial charge in [-0.15, -0.1) is 0 Å². The van der Waals surface area contributed by atoms with Crippen molar-refractivity contribution in [3.63, 3.8) is 0 Å². The van der Waals surface area contributed by atoms with Crippen LogP contribution in [-0.2, 0) is 0 Å². The van der Waals surface area contributed by atoms with Crippen LogP contribution in [0.15, 0.2) is 0 Å². The molecule has 0 aliphatic carbocycles. The van der Waals surface area contributed by atoms with Gasteiger partial charge in [0.2, 0.25) is 0 Å². The van der Waals surface area contributed by atoms with Crippen molar-refractivity contribution in [2.45, 2.75) is 70.0 Å². The second kappa shape index (κ2) is 7.58. The zero-order chi connectivity index (χ0) is 15.3. The number of hydrogen-bond donors (Lipinski definition) is 1. The molecule has 120 valence electrons. The molecule has 4 heteroatoms. The molecule has 2 heterocycles. The minimum atomic E-state index is -0.340. The third-order valence-electron chi connectivity index (χ3n) is 5.45. The van der Waals surface area contributed by atoms with E-state index in [1.807, 2.05) is 6.92 Å². The third-order valence-corrected chi connectivity index (χ3v) is 5.45. The Morgan fingerprint density at radius 3 is 2.71 bits per heavy atom. The molecule has 2 saturated heterocycles. The van der Waals surface area contributed by atoms with Crippen molar-refractivity contribution in [2.24, 2.45) is 0 Å². The maximum Gasteiger partial charge on any atom is 0.103 e.